The number of amides is 2. The summed E-state index contributed by atoms with van der Waals surface area (Å²) in [5.74, 6) is 0.136. The first-order valence-corrected chi connectivity index (χ1v) is 11.8. The molecule has 0 spiro atoms. The molecule has 0 saturated carbocycles. The molecule has 0 saturated heterocycles. The molecule has 0 aliphatic rings. The molecule has 184 valence electrons. The summed E-state index contributed by atoms with van der Waals surface area (Å²) >= 11 is 0. The number of urea groups is 1. The van der Waals surface area contributed by atoms with Crippen LogP contribution in [-0.2, 0) is 20.7 Å². The Bertz CT molecular complexity index is 1350. The number of carbonyl (C=O) groups is 2. The van der Waals surface area contributed by atoms with Crippen molar-refractivity contribution in [2.75, 3.05) is 31.0 Å². The number of benzene rings is 3. The number of aromatic nitrogens is 1. The first-order chi connectivity index (χ1) is 17.5. The second-order valence-corrected chi connectivity index (χ2v) is 8.30. The largest absolute Gasteiger partial charge is 0.467 e. The fourth-order valence-corrected chi connectivity index (χ4v) is 3.92. The van der Waals surface area contributed by atoms with Gasteiger partial charge in [-0.3, -0.25) is 4.90 Å². The van der Waals surface area contributed by atoms with Gasteiger partial charge in [-0.15, -0.1) is 0 Å². The molecule has 7 heteroatoms. The smallest absolute Gasteiger partial charge is 0.335 e. The van der Waals surface area contributed by atoms with Crippen molar-refractivity contribution in [1.29, 1.82) is 0 Å². The first-order valence-electron chi connectivity index (χ1n) is 11.8. The molecule has 0 fully saturated rings. The van der Waals surface area contributed by atoms with Crippen LogP contribution in [0.4, 0.5) is 16.3 Å². The predicted octanol–water partition coefficient (Wildman–Crippen LogP) is 5.69. The maximum atomic E-state index is 12.9. The molecule has 1 unspecified atom stereocenters. The lowest BCUT2D eigenvalue weighted by Crippen LogP contribution is -2.31. The van der Waals surface area contributed by atoms with E-state index in [-0.39, 0.29) is 12.0 Å². The highest BCUT2D eigenvalue weighted by Crippen LogP contribution is 2.23. The van der Waals surface area contributed by atoms with Gasteiger partial charge >= 0.3 is 12.0 Å². The third kappa shape index (κ3) is 5.87. The van der Waals surface area contributed by atoms with Crippen molar-refractivity contribution in [2.45, 2.75) is 19.4 Å². The molecule has 1 atom stereocenters. The number of hydrogen-bond donors (Lipinski definition) is 1. The van der Waals surface area contributed by atoms with Crippen molar-refractivity contribution in [3.63, 3.8) is 0 Å². The minimum atomic E-state index is -0.637. The molecule has 1 aromatic heterocycles. The highest BCUT2D eigenvalue weighted by molar-refractivity contribution is 6.02. The summed E-state index contributed by atoms with van der Waals surface area (Å²) in [4.78, 5) is 31.0. The first kappa shape index (κ1) is 24.9. The number of methoxy groups -OCH3 is 1. The van der Waals surface area contributed by atoms with Gasteiger partial charge in [-0.1, -0.05) is 60.7 Å². The van der Waals surface area contributed by atoms with Gasteiger partial charge in [0.1, 0.15) is 5.82 Å². The van der Waals surface area contributed by atoms with Crippen molar-refractivity contribution in [3.05, 3.63) is 90.5 Å². The molecule has 0 radical (unpaired) electrons. The van der Waals surface area contributed by atoms with E-state index in [1.54, 1.807) is 13.1 Å². The Balaban J connectivity index is 1.46. The van der Waals surface area contributed by atoms with Gasteiger partial charge in [-0.05, 0) is 47.5 Å². The SMILES string of the molecule is CCOC(Cc1ccc(-c2cccc(N(C)C(=O)Nc3ccc4ccccc4c3)n2)cc1)C(=O)OC. The zero-order chi connectivity index (χ0) is 25.5. The Labute approximate surface area is 210 Å². The molecule has 2 amide bonds. The summed E-state index contributed by atoms with van der Waals surface area (Å²) in [5.41, 5.74) is 3.30. The van der Waals surface area contributed by atoms with Crippen LogP contribution in [0.1, 0.15) is 12.5 Å². The predicted molar refractivity (Wildman–Crippen MR) is 142 cm³/mol. The lowest BCUT2D eigenvalue weighted by molar-refractivity contribution is -0.153. The van der Waals surface area contributed by atoms with Crippen molar-refractivity contribution < 1.29 is 19.1 Å². The molecule has 1 N–H and O–H groups in total. The van der Waals surface area contributed by atoms with Crippen LogP contribution in [0.25, 0.3) is 22.0 Å². The van der Waals surface area contributed by atoms with E-state index in [4.69, 9.17) is 9.47 Å². The Kier molecular flexibility index (Phi) is 7.92. The Hall–Kier alpha value is -4.23. The molecule has 0 aliphatic carbocycles. The fourth-order valence-electron chi connectivity index (χ4n) is 3.92. The van der Waals surface area contributed by atoms with E-state index in [0.29, 0.717) is 18.8 Å². The molecule has 36 heavy (non-hydrogen) atoms. The Morgan fingerprint density at radius 3 is 2.42 bits per heavy atom. The zero-order valence-electron chi connectivity index (χ0n) is 20.6. The molecule has 1 heterocycles. The number of esters is 1. The van der Waals surface area contributed by atoms with E-state index in [1.165, 1.54) is 12.0 Å². The number of ether oxygens (including phenoxy) is 2. The Morgan fingerprint density at radius 2 is 1.69 bits per heavy atom. The van der Waals surface area contributed by atoms with Gasteiger partial charge in [0.2, 0.25) is 0 Å². The van der Waals surface area contributed by atoms with E-state index in [0.717, 1.165) is 33.3 Å². The van der Waals surface area contributed by atoms with Crippen molar-refractivity contribution >= 4 is 34.3 Å². The number of pyridine rings is 1. The lowest BCUT2D eigenvalue weighted by Gasteiger charge is -2.18. The summed E-state index contributed by atoms with van der Waals surface area (Å²) in [6.45, 7) is 2.27. The van der Waals surface area contributed by atoms with Crippen molar-refractivity contribution in [2.24, 2.45) is 0 Å². The van der Waals surface area contributed by atoms with E-state index >= 15 is 0 Å². The van der Waals surface area contributed by atoms with E-state index < -0.39 is 6.10 Å². The second-order valence-electron chi connectivity index (χ2n) is 8.30. The summed E-state index contributed by atoms with van der Waals surface area (Å²) in [5, 5.41) is 5.11. The number of fused-ring (bicyclic) bond motifs is 1. The molecule has 0 bridgehead atoms. The Morgan fingerprint density at radius 1 is 0.944 bits per heavy atom. The van der Waals surface area contributed by atoms with Crippen LogP contribution in [-0.4, -0.2) is 43.9 Å². The molecular weight excluding hydrogens is 454 g/mol. The van der Waals surface area contributed by atoms with E-state index in [1.807, 2.05) is 85.8 Å². The van der Waals surface area contributed by atoms with Gasteiger partial charge in [0.15, 0.2) is 6.10 Å². The maximum absolute atomic E-state index is 12.9. The van der Waals surface area contributed by atoms with Crippen molar-refractivity contribution in [1.82, 2.24) is 4.98 Å². The standard InChI is InChI=1S/C29H29N3O4/c1-4-36-26(28(33)35-3)18-20-12-14-22(15-13-20)25-10-7-11-27(31-25)32(2)29(34)30-24-17-16-21-8-5-6-9-23(21)19-24/h5-17,19,26H,4,18H2,1-3H3,(H,30,34). The molecule has 7 nitrogen and oxygen atoms in total. The van der Waals surface area contributed by atoms with Gasteiger partial charge < -0.3 is 14.8 Å². The topological polar surface area (TPSA) is 80.8 Å². The third-order valence-corrected chi connectivity index (χ3v) is 5.89. The number of nitrogens with zero attached hydrogens (tertiary/aromatic N) is 2. The monoisotopic (exact) mass is 483 g/mol. The summed E-state index contributed by atoms with van der Waals surface area (Å²) in [6.07, 6.45) is -0.214. The van der Waals surface area contributed by atoms with Gasteiger partial charge in [-0.2, -0.15) is 0 Å². The van der Waals surface area contributed by atoms with Gasteiger partial charge in [0, 0.05) is 31.3 Å². The normalized spacial score (nSPS) is 11.6. The lowest BCUT2D eigenvalue weighted by atomic mass is 10.0. The van der Waals surface area contributed by atoms with Gasteiger partial charge in [-0.25, -0.2) is 14.6 Å². The number of hydrogen-bond acceptors (Lipinski definition) is 5. The molecule has 0 aliphatic heterocycles. The average molecular weight is 484 g/mol. The van der Waals surface area contributed by atoms with E-state index in [2.05, 4.69) is 10.3 Å². The van der Waals surface area contributed by atoms with Gasteiger partial charge in [0.25, 0.3) is 0 Å². The third-order valence-electron chi connectivity index (χ3n) is 5.89. The zero-order valence-corrected chi connectivity index (χ0v) is 20.6. The fraction of sp³-hybridized carbons (Fsp3) is 0.207. The minimum absolute atomic E-state index is 0.282. The van der Waals surface area contributed by atoms with Crippen LogP contribution < -0.4 is 10.2 Å². The van der Waals surface area contributed by atoms with Crippen LogP contribution in [0.2, 0.25) is 0 Å². The number of rotatable bonds is 8. The quantitative estimate of drug-likeness (QED) is 0.326. The van der Waals surface area contributed by atoms with E-state index in [9.17, 15) is 9.59 Å². The second kappa shape index (κ2) is 11.5. The summed E-state index contributed by atoms with van der Waals surface area (Å²) < 4.78 is 10.3. The average Bonchev–Trinajstić information content (AvgIpc) is 2.92. The van der Waals surface area contributed by atoms with Crippen LogP contribution in [0.3, 0.4) is 0 Å². The number of anilines is 2. The molecule has 4 rings (SSSR count). The van der Waals surface area contributed by atoms with Crippen LogP contribution in [0.15, 0.2) is 84.9 Å². The van der Waals surface area contributed by atoms with Crippen LogP contribution >= 0.6 is 0 Å². The summed E-state index contributed by atoms with van der Waals surface area (Å²) in [7, 11) is 3.04. The number of carbonyl (C=O) groups excluding carboxylic acids is 2. The number of nitrogens with one attached hydrogen (secondary N) is 1. The maximum Gasteiger partial charge on any atom is 0.335 e. The minimum Gasteiger partial charge on any atom is -0.467 e. The highest BCUT2D eigenvalue weighted by Gasteiger charge is 2.20. The van der Waals surface area contributed by atoms with Crippen molar-refractivity contribution in [3.8, 4) is 11.3 Å². The van der Waals surface area contributed by atoms with Gasteiger partial charge in [0.05, 0.1) is 12.8 Å². The van der Waals surface area contributed by atoms with Crippen LogP contribution in [0, 0.1) is 0 Å². The van der Waals surface area contributed by atoms with Crippen LogP contribution in [0.5, 0.6) is 0 Å². The molecular formula is C29H29N3O4. The summed E-state index contributed by atoms with van der Waals surface area (Å²) in [6, 6.07) is 26.8. The highest BCUT2D eigenvalue weighted by atomic mass is 16.6. The molecule has 4 aromatic rings. The molecule has 3 aromatic carbocycles.